The van der Waals surface area contributed by atoms with Crippen molar-refractivity contribution in [3.8, 4) is 5.75 Å². The van der Waals surface area contributed by atoms with Crippen LogP contribution in [0.15, 0.2) is 42.5 Å². The van der Waals surface area contributed by atoms with Crippen LogP contribution in [0.5, 0.6) is 5.75 Å². The van der Waals surface area contributed by atoms with Crippen molar-refractivity contribution in [2.75, 3.05) is 6.61 Å². The van der Waals surface area contributed by atoms with Gasteiger partial charge in [-0.1, -0.05) is 17.7 Å². The second-order valence-electron chi connectivity index (χ2n) is 5.26. The Kier molecular flexibility index (Phi) is 4.72. The highest BCUT2D eigenvalue weighted by molar-refractivity contribution is 6.30. The molecule has 0 aromatic heterocycles. The van der Waals surface area contributed by atoms with Crippen LogP contribution in [0.1, 0.15) is 11.6 Å². The van der Waals surface area contributed by atoms with Crippen molar-refractivity contribution in [3.63, 3.8) is 0 Å². The monoisotopic (exact) mass is 380 g/mol. The van der Waals surface area contributed by atoms with Crippen LogP contribution in [-0.4, -0.2) is 28.6 Å². The van der Waals surface area contributed by atoms with Crippen molar-refractivity contribution in [1.82, 2.24) is 4.90 Å². The molecule has 1 aliphatic rings. The molecule has 1 heterocycles. The number of carbonyl (C=O) groups is 2. The number of nitrogens with zero attached hydrogens (tertiary/aromatic N) is 2. The van der Waals surface area contributed by atoms with Gasteiger partial charge in [0, 0.05) is 12.1 Å². The van der Waals surface area contributed by atoms with E-state index in [1.807, 2.05) is 0 Å². The van der Waals surface area contributed by atoms with Crippen molar-refractivity contribution in [3.05, 3.63) is 69.0 Å². The molecule has 10 heteroatoms. The second kappa shape index (κ2) is 6.96. The van der Waals surface area contributed by atoms with Crippen molar-refractivity contribution < 1.29 is 28.4 Å². The third-order valence-corrected chi connectivity index (χ3v) is 3.94. The van der Waals surface area contributed by atoms with E-state index in [9.17, 15) is 24.1 Å². The lowest BCUT2D eigenvalue weighted by Crippen LogP contribution is -2.36. The van der Waals surface area contributed by atoms with Crippen LogP contribution in [-0.2, 0) is 4.74 Å². The largest absolute Gasteiger partial charge is 0.446 e. The van der Waals surface area contributed by atoms with E-state index in [0.717, 1.165) is 23.1 Å². The van der Waals surface area contributed by atoms with Crippen molar-refractivity contribution >= 4 is 29.5 Å². The molecular weight excluding hydrogens is 371 g/mol. The predicted molar refractivity (Wildman–Crippen MR) is 86.5 cm³/mol. The zero-order chi connectivity index (χ0) is 18.8. The Balaban J connectivity index is 1.80. The number of hydrogen-bond donors (Lipinski definition) is 0. The van der Waals surface area contributed by atoms with Gasteiger partial charge in [-0.25, -0.2) is 18.9 Å². The molecule has 0 spiro atoms. The van der Waals surface area contributed by atoms with Crippen LogP contribution in [0.3, 0.4) is 0 Å². The highest BCUT2D eigenvalue weighted by Crippen LogP contribution is 2.31. The number of cyclic esters (lactones) is 1. The predicted octanol–water partition coefficient (Wildman–Crippen LogP) is 4.08. The van der Waals surface area contributed by atoms with E-state index < -0.39 is 29.0 Å². The standard InChI is InChI=1S/C16H10ClFN2O6/c17-12-7-9(1-6-13(12)18)14-8-25-15(21)19(14)16(22)26-11-4-2-10(3-5-11)20(23)24/h1-7,14H,8H2. The van der Waals surface area contributed by atoms with Crippen LogP contribution < -0.4 is 4.74 Å². The van der Waals surface area contributed by atoms with Gasteiger partial charge in [-0.05, 0) is 29.8 Å². The molecule has 134 valence electrons. The highest BCUT2D eigenvalue weighted by atomic mass is 35.5. The average Bonchev–Trinajstić information content (AvgIpc) is 2.99. The molecule has 8 nitrogen and oxygen atoms in total. The molecule has 0 bridgehead atoms. The van der Waals surface area contributed by atoms with Crippen LogP contribution in [0.2, 0.25) is 5.02 Å². The van der Waals surface area contributed by atoms with Gasteiger partial charge in [-0.15, -0.1) is 0 Å². The first kappa shape index (κ1) is 17.6. The van der Waals surface area contributed by atoms with Gasteiger partial charge in [0.2, 0.25) is 0 Å². The normalized spacial score (nSPS) is 16.3. The molecule has 1 aliphatic heterocycles. The summed E-state index contributed by atoms with van der Waals surface area (Å²) in [5.74, 6) is -0.628. The molecule has 1 saturated heterocycles. The smallest absolute Gasteiger partial charge is 0.425 e. The fraction of sp³-hybridized carbons (Fsp3) is 0.125. The van der Waals surface area contributed by atoms with Gasteiger partial charge in [0.25, 0.3) is 5.69 Å². The maximum atomic E-state index is 13.3. The van der Waals surface area contributed by atoms with E-state index in [2.05, 4.69) is 0 Å². The van der Waals surface area contributed by atoms with Crippen LogP contribution >= 0.6 is 11.6 Å². The van der Waals surface area contributed by atoms with Gasteiger partial charge in [0.15, 0.2) is 0 Å². The fourth-order valence-electron chi connectivity index (χ4n) is 2.37. The Bertz CT molecular complexity index is 889. The first-order chi connectivity index (χ1) is 12.4. The Labute approximate surface area is 150 Å². The highest BCUT2D eigenvalue weighted by Gasteiger charge is 2.40. The number of halogens is 2. The van der Waals surface area contributed by atoms with Gasteiger partial charge in [-0.2, -0.15) is 0 Å². The molecule has 3 rings (SSSR count). The summed E-state index contributed by atoms with van der Waals surface area (Å²) >= 11 is 5.74. The number of carbonyl (C=O) groups excluding carboxylic acids is 2. The van der Waals surface area contributed by atoms with E-state index in [1.165, 1.54) is 24.3 Å². The summed E-state index contributed by atoms with van der Waals surface area (Å²) in [5.41, 5.74) is 0.215. The molecule has 0 aliphatic carbocycles. The van der Waals surface area contributed by atoms with Gasteiger partial charge in [0.1, 0.15) is 24.2 Å². The third kappa shape index (κ3) is 3.42. The van der Waals surface area contributed by atoms with Crippen LogP contribution in [0.4, 0.5) is 19.7 Å². The molecule has 1 atom stereocenters. The molecule has 0 radical (unpaired) electrons. The van der Waals surface area contributed by atoms with E-state index in [-0.39, 0.29) is 23.1 Å². The molecule has 0 saturated carbocycles. The number of imide groups is 1. The molecular formula is C16H10ClFN2O6. The molecule has 26 heavy (non-hydrogen) atoms. The topological polar surface area (TPSA) is 99.0 Å². The molecule has 2 amide bonds. The lowest BCUT2D eigenvalue weighted by atomic mass is 10.1. The zero-order valence-corrected chi connectivity index (χ0v) is 13.7. The van der Waals surface area contributed by atoms with Gasteiger partial charge < -0.3 is 9.47 Å². The SMILES string of the molecule is O=C1OCC(c2ccc(F)c(Cl)c2)N1C(=O)Oc1ccc([N+](=O)[O-])cc1. The first-order valence-corrected chi connectivity index (χ1v) is 7.62. The molecule has 1 unspecified atom stereocenters. The maximum absolute atomic E-state index is 13.3. The van der Waals surface area contributed by atoms with Crippen LogP contribution in [0, 0.1) is 15.9 Å². The first-order valence-electron chi connectivity index (χ1n) is 7.24. The molecule has 2 aromatic carbocycles. The number of non-ortho nitro benzene ring substituents is 1. The summed E-state index contributed by atoms with van der Waals surface area (Å²) in [4.78, 5) is 35.0. The van der Waals surface area contributed by atoms with E-state index in [1.54, 1.807) is 0 Å². The van der Waals surface area contributed by atoms with Crippen molar-refractivity contribution in [1.29, 1.82) is 0 Å². The Morgan fingerprint density at radius 2 is 2.00 bits per heavy atom. The lowest BCUT2D eigenvalue weighted by molar-refractivity contribution is -0.384. The van der Waals surface area contributed by atoms with Gasteiger partial charge >= 0.3 is 12.2 Å². The maximum Gasteiger partial charge on any atom is 0.425 e. The van der Waals surface area contributed by atoms with E-state index in [4.69, 9.17) is 21.1 Å². The number of benzene rings is 2. The molecule has 1 fully saturated rings. The summed E-state index contributed by atoms with van der Waals surface area (Å²) in [5, 5.41) is 10.5. The summed E-state index contributed by atoms with van der Waals surface area (Å²) in [6.07, 6.45) is -1.96. The minimum Gasteiger partial charge on any atom is -0.446 e. The van der Waals surface area contributed by atoms with E-state index in [0.29, 0.717) is 5.56 Å². The summed E-state index contributed by atoms with van der Waals surface area (Å²) in [7, 11) is 0. The van der Waals surface area contributed by atoms with E-state index >= 15 is 0 Å². The minimum atomic E-state index is -1.04. The molecule has 2 aromatic rings. The number of amides is 2. The third-order valence-electron chi connectivity index (χ3n) is 3.65. The number of ether oxygens (including phenoxy) is 2. The van der Waals surface area contributed by atoms with Crippen molar-refractivity contribution in [2.45, 2.75) is 6.04 Å². The number of rotatable bonds is 3. The summed E-state index contributed by atoms with van der Waals surface area (Å²) in [6, 6.07) is 7.69. The summed E-state index contributed by atoms with van der Waals surface area (Å²) < 4.78 is 23.2. The minimum absolute atomic E-state index is 0.0104. The summed E-state index contributed by atoms with van der Waals surface area (Å²) in [6.45, 7) is -0.143. The number of hydrogen-bond acceptors (Lipinski definition) is 6. The molecule has 0 N–H and O–H groups in total. The Hall–Kier alpha value is -3.20. The Morgan fingerprint density at radius 3 is 2.62 bits per heavy atom. The van der Waals surface area contributed by atoms with Gasteiger partial charge in [-0.3, -0.25) is 10.1 Å². The van der Waals surface area contributed by atoms with Crippen LogP contribution in [0.25, 0.3) is 0 Å². The Morgan fingerprint density at radius 1 is 1.31 bits per heavy atom. The fourth-order valence-corrected chi connectivity index (χ4v) is 2.56. The average molecular weight is 381 g/mol. The van der Waals surface area contributed by atoms with Crippen molar-refractivity contribution in [2.24, 2.45) is 0 Å². The number of nitro groups is 1. The lowest BCUT2D eigenvalue weighted by Gasteiger charge is -2.19. The quantitative estimate of drug-likeness (QED) is 0.587. The zero-order valence-electron chi connectivity index (χ0n) is 12.9. The second-order valence-corrected chi connectivity index (χ2v) is 5.66. The number of nitro benzene ring substituents is 1. The van der Waals surface area contributed by atoms with Gasteiger partial charge in [0.05, 0.1) is 9.95 Å².